The second-order valence-electron chi connectivity index (χ2n) is 10.7. The van der Waals surface area contributed by atoms with Gasteiger partial charge in [-0.25, -0.2) is 4.98 Å². The van der Waals surface area contributed by atoms with Crippen LogP contribution in [0.2, 0.25) is 0 Å². The van der Waals surface area contributed by atoms with Gasteiger partial charge in [-0.1, -0.05) is 0 Å². The lowest BCUT2D eigenvalue weighted by molar-refractivity contribution is -0.165. The molecule has 1 aliphatic rings. The van der Waals surface area contributed by atoms with Gasteiger partial charge in [0.1, 0.15) is 12.8 Å². The summed E-state index contributed by atoms with van der Waals surface area (Å²) in [6.07, 6.45) is 1.45. The van der Waals surface area contributed by atoms with E-state index < -0.39 is 62.4 Å². The number of imidazole rings is 1. The van der Waals surface area contributed by atoms with E-state index in [9.17, 15) is 19.3 Å². The molecular formula is C22H35N5O10P+. The maximum absolute atomic E-state index is 12.0. The number of anilines is 1. The van der Waals surface area contributed by atoms with Crippen LogP contribution in [0.3, 0.4) is 0 Å². The number of fused-ring (bicyclic) bond motifs is 1. The molecule has 0 saturated carbocycles. The summed E-state index contributed by atoms with van der Waals surface area (Å²) >= 11 is 0. The number of ether oxygens (including phenoxy) is 3. The van der Waals surface area contributed by atoms with Crippen molar-refractivity contribution in [1.29, 1.82) is 0 Å². The maximum atomic E-state index is 12.0. The first-order chi connectivity index (χ1) is 17.6. The van der Waals surface area contributed by atoms with Crippen LogP contribution in [0.25, 0.3) is 11.2 Å². The number of nitrogens with one attached hydrogen (secondary N) is 1. The van der Waals surface area contributed by atoms with Crippen LogP contribution in [0, 0.1) is 10.8 Å². The zero-order valence-electron chi connectivity index (χ0n) is 22.3. The van der Waals surface area contributed by atoms with Crippen LogP contribution < -0.4 is 11.3 Å². The maximum Gasteiger partial charge on any atom is 0.579 e. The van der Waals surface area contributed by atoms with Gasteiger partial charge in [0.25, 0.3) is 5.56 Å². The molecule has 0 radical (unpaired) electrons. The highest BCUT2D eigenvalue weighted by molar-refractivity contribution is 7.55. The number of aromatic amines is 1. The predicted octanol–water partition coefficient (Wildman–Crippen LogP) is 2.19. The molecule has 1 saturated heterocycles. The molecule has 2 aromatic rings. The molecule has 1 aliphatic heterocycles. The van der Waals surface area contributed by atoms with Gasteiger partial charge < -0.3 is 19.9 Å². The number of rotatable bonds is 10. The van der Waals surface area contributed by atoms with Gasteiger partial charge in [-0.15, -0.1) is 9.05 Å². The molecular weight excluding hydrogens is 525 g/mol. The molecule has 3 rings (SSSR count). The lowest BCUT2D eigenvalue weighted by Gasteiger charge is -2.20. The molecule has 15 nitrogen and oxygen atoms in total. The SMILES string of the molecule is CC(C)(C)C(=O)OCO[P+](O)(OCOC(=O)C(C)(C)C)OCC1CCC(n2cnc3c(=O)[nH]c(N)nc32)O1. The number of aromatic nitrogens is 4. The number of carbonyl (C=O) groups excluding carboxylic acids is 2. The average molecular weight is 561 g/mol. The lowest BCUT2D eigenvalue weighted by atomic mass is 9.98. The zero-order valence-corrected chi connectivity index (χ0v) is 23.1. The average Bonchev–Trinajstić information content (AvgIpc) is 3.43. The Morgan fingerprint density at radius 3 is 2.24 bits per heavy atom. The fraction of sp³-hybridized carbons (Fsp3) is 0.682. The normalized spacial score (nSPS) is 18.6. The third-order valence-corrected chi connectivity index (χ3v) is 6.64. The molecule has 2 aromatic heterocycles. The molecule has 212 valence electrons. The topological polar surface area (TPSA) is 199 Å². The molecule has 0 bridgehead atoms. The van der Waals surface area contributed by atoms with Gasteiger partial charge in [-0.3, -0.25) is 23.9 Å². The van der Waals surface area contributed by atoms with Crippen molar-refractivity contribution >= 4 is 37.2 Å². The molecule has 0 aromatic carbocycles. The quantitative estimate of drug-likeness (QED) is 0.217. The fourth-order valence-electron chi connectivity index (χ4n) is 3.18. The van der Waals surface area contributed by atoms with Crippen LogP contribution in [-0.4, -0.2) is 62.6 Å². The molecule has 38 heavy (non-hydrogen) atoms. The van der Waals surface area contributed by atoms with Crippen LogP contribution in [0.4, 0.5) is 5.95 Å². The fourth-order valence-corrected chi connectivity index (χ4v) is 4.13. The molecule has 0 amide bonds. The predicted molar refractivity (Wildman–Crippen MR) is 134 cm³/mol. The summed E-state index contributed by atoms with van der Waals surface area (Å²) in [6.45, 7) is 8.50. The second-order valence-corrected chi connectivity index (χ2v) is 12.4. The summed E-state index contributed by atoms with van der Waals surface area (Å²) in [4.78, 5) is 57.6. The van der Waals surface area contributed by atoms with Crippen LogP contribution in [0.5, 0.6) is 0 Å². The van der Waals surface area contributed by atoms with Crippen molar-refractivity contribution in [2.75, 3.05) is 25.9 Å². The summed E-state index contributed by atoms with van der Waals surface area (Å²) < 4.78 is 33.7. The molecule has 0 spiro atoms. The van der Waals surface area contributed by atoms with Crippen molar-refractivity contribution in [2.24, 2.45) is 10.8 Å². The highest BCUT2D eigenvalue weighted by Crippen LogP contribution is 2.58. The molecule has 4 N–H and O–H groups in total. The third kappa shape index (κ3) is 7.68. The monoisotopic (exact) mass is 560 g/mol. The standard InChI is InChI=1S/C22H34N5O10P/c1-21(2,3)18(29)32-11-35-38(31,36-12-33-19(30)22(4,5)6)34-9-13-7-8-14(37-13)27-10-24-15-16(27)25-20(23)26-17(15)28/h10,13-14,31H,7-9,11-12H2,1-6H3,(H2-,23,25,26,28)/p+1. The van der Waals surface area contributed by atoms with E-state index in [2.05, 4.69) is 15.0 Å². The number of hydrogen-bond donors (Lipinski definition) is 3. The van der Waals surface area contributed by atoms with Crippen LogP contribution in [-0.2, 0) is 37.4 Å². The van der Waals surface area contributed by atoms with Gasteiger partial charge in [0.05, 0.1) is 23.3 Å². The molecule has 3 heterocycles. The number of carbonyl (C=O) groups is 2. The van der Waals surface area contributed by atoms with E-state index in [1.807, 2.05) is 0 Å². The molecule has 16 heteroatoms. The Morgan fingerprint density at radius 2 is 1.68 bits per heavy atom. The minimum Gasteiger partial charge on any atom is -0.433 e. The van der Waals surface area contributed by atoms with Gasteiger partial charge in [0, 0.05) is 0 Å². The first kappa shape index (κ1) is 29.9. The largest absolute Gasteiger partial charge is 0.579 e. The Hall–Kier alpha value is -2.68. The van der Waals surface area contributed by atoms with Crippen LogP contribution in [0.1, 0.15) is 60.6 Å². The van der Waals surface area contributed by atoms with Crippen molar-refractivity contribution < 1.29 is 42.3 Å². The summed E-state index contributed by atoms with van der Waals surface area (Å²) in [5.41, 5.74) is 4.00. The minimum atomic E-state index is -4.10. The third-order valence-electron chi connectivity index (χ3n) is 5.31. The first-order valence-corrected chi connectivity index (χ1v) is 13.4. The van der Waals surface area contributed by atoms with Gasteiger partial charge in [-0.05, 0) is 54.4 Å². The van der Waals surface area contributed by atoms with Crippen molar-refractivity contribution in [3.63, 3.8) is 0 Å². The van der Waals surface area contributed by atoms with Crippen molar-refractivity contribution in [1.82, 2.24) is 19.5 Å². The van der Waals surface area contributed by atoms with Crippen molar-refractivity contribution in [2.45, 2.75) is 66.7 Å². The van der Waals surface area contributed by atoms with E-state index in [-0.39, 0.29) is 23.7 Å². The lowest BCUT2D eigenvalue weighted by Crippen LogP contribution is -2.26. The van der Waals surface area contributed by atoms with Gasteiger partial charge in [0.15, 0.2) is 11.2 Å². The van der Waals surface area contributed by atoms with Gasteiger partial charge in [-0.2, -0.15) is 14.4 Å². The number of nitrogens with two attached hydrogens (primary N) is 1. The molecule has 2 atom stereocenters. The zero-order chi connectivity index (χ0) is 28.3. The molecule has 1 fully saturated rings. The van der Waals surface area contributed by atoms with E-state index >= 15 is 0 Å². The summed E-state index contributed by atoms with van der Waals surface area (Å²) in [7, 11) is -4.10. The molecule has 0 aliphatic carbocycles. The number of nitrogens with zero attached hydrogens (tertiary/aromatic N) is 3. The number of hydrogen-bond acceptors (Lipinski definition) is 13. The minimum absolute atomic E-state index is 0.0504. The van der Waals surface area contributed by atoms with Gasteiger partial charge in [0.2, 0.25) is 19.5 Å². The molecule has 2 unspecified atom stereocenters. The number of nitrogen functional groups attached to an aromatic ring is 1. The van der Waals surface area contributed by atoms with E-state index in [0.29, 0.717) is 12.8 Å². The van der Waals surface area contributed by atoms with Gasteiger partial charge >= 0.3 is 20.1 Å². The summed E-state index contributed by atoms with van der Waals surface area (Å²) in [6, 6.07) is 0. The first-order valence-electron chi connectivity index (χ1n) is 11.9. The Kier molecular flexibility index (Phi) is 9.12. The van der Waals surface area contributed by atoms with E-state index in [0.717, 1.165) is 0 Å². The number of esters is 2. The smallest absolute Gasteiger partial charge is 0.433 e. The summed E-state index contributed by atoms with van der Waals surface area (Å²) in [5, 5.41) is 0. The highest BCUT2D eigenvalue weighted by Gasteiger charge is 2.48. The van der Waals surface area contributed by atoms with E-state index in [1.165, 1.54) is 6.33 Å². The van der Waals surface area contributed by atoms with Crippen LogP contribution in [0.15, 0.2) is 11.1 Å². The Balaban J connectivity index is 1.62. The Bertz CT molecular complexity index is 1170. The second kappa shape index (κ2) is 11.6. The highest BCUT2D eigenvalue weighted by atomic mass is 31.2. The van der Waals surface area contributed by atoms with E-state index in [4.69, 9.17) is 33.5 Å². The van der Waals surface area contributed by atoms with Crippen LogP contribution >= 0.6 is 8.17 Å². The Labute approximate surface area is 219 Å². The number of H-pyrrole nitrogens is 1. The Morgan fingerprint density at radius 1 is 1.11 bits per heavy atom. The van der Waals surface area contributed by atoms with Crippen molar-refractivity contribution in [3.8, 4) is 0 Å². The van der Waals surface area contributed by atoms with E-state index in [1.54, 1.807) is 46.1 Å². The van der Waals surface area contributed by atoms with Crippen molar-refractivity contribution in [3.05, 3.63) is 16.7 Å². The summed E-state index contributed by atoms with van der Waals surface area (Å²) in [5.74, 6) is -1.18.